The van der Waals surface area contributed by atoms with Gasteiger partial charge in [-0.2, -0.15) is 0 Å². The number of aryl methyl sites for hydroxylation is 1. The summed E-state index contributed by atoms with van der Waals surface area (Å²) in [5.74, 6) is -0.347. The molecule has 0 bridgehead atoms. The van der Waals surface area contributed by atoms with E-state index in [0.717, 1.165) is 5.56 Å². The van der Waals surface area contributed by atoms with Crippen molar-refractivity contribution in [2.75, 3.05) is 18.4 Å². The van der Waals surface area contributed by atoms with E-state index in [0.29, 0.717) is 13.1 Å². The molecule has 0 aliphatic carbocycles. The lowest BCUT2D eigenvalue weighted by molar-refractivity contribution is -0.0643. The van der Waals surface area contributed by atoms with Crippen LogP contribution in [-0.2, 0) is 11.8 Å². The second-order valence-corrected chi connectivity index (χ2v) is 6.01. The lowest BCUT2D eigenvalue weighted by atomic mass is 10.1. The van der Waals surface area contributed by atoms with Gasteiger partial charge >= 0.3 is 6.03 Å². The molecule has 2 heterocycles. The molecule has 2 aromatic rings. The zero-order valence-corrected chi connectivity index (χ0v) is 14.0. The number of benzene rings is 1. The molecular weight excluding hydrogens is 327 g/mol. The van der Waals surface area contributed by atoms with Gasteiger partial charge in [-0.15, -0.1) is 0 Å². The molecule has 1 fully saturated rings. The number of hydrogen-bond donors (Lipinski definition) is 1. The van der Waals surface area contributed by atoms with Crippen LogP contribution in [0.4, 0.5) is 15.0 Å². The fourth-order valence-electron chi connectivity index (χ4n) is 2.74. The van der Waals surface area contributed by atoms with Crippen molar-refractivity contribution in [1.29, 1.82) is 0 Å². The molecule has 1 N–H and O–H groups in total. The van der Waals surface area contributed by atoms with E-state index in [9.17, 15) is 14.0 Å². The Balaban J connectivity index is 1.74. The van der Waals surface area contributed by atoms with Crippen molar-refractivity contribution in [3.05, 3.63) is 58.4 Å². The molecule has 3 rings (SSSR count). The van der Waals surface area contributed by atoms with Gasteiger partial charge in [0.2, 0.25) is 5.82 Å². The van der Waals surface area contributed by atoms with Crippen LogP contribution in [0.25, 0.3) is 0 Å². The lowest BCUT2D eigenvalue weighted by Gasteiger charge is -2.36. The van der Waals surface area contributed by atoms with Gasteiger partial charge in [-0.3, -0.25) is 10.1 Å². The van der Waals surface area contributed by atoms with Crippen LogP contribution in [0.2, 0.25) is 0 Å². The summed E-state index contributed by atoms with van der Waals surface area (Å²) in [5, 5.41) is 2.55. The predicted octanol–water partition coefficient (Wildman–Crippen LogP) is 1.91. The van der Waals surface area contributed by atoms with Gasteiger partial charge in [-0.05, 0) is 24.6 Å². The number of anilines is 1. The third kappa shape index (κ3) is 3.85. The fraction of sp³-hybridized carbons (Fsp3) is 0.353. The number of hydrogen-bond acceptors (Lipinski definition) is 4. The maximum atomic E-state index is 13.1. The average Bonchev–Trinajstić information content (AvgIpc) is 2.59. The number of urea groups is 1. The topological polar surface area (TPSA) is 76.5 Å². The Kier molecular flexibility index (Phi) is 4.80. The van der Waals surface area contributed by atoms with Crippen LogP contribution in [-0.4, -0.2) is 39.7 Å². The monoisotopic (exact) mass is 346 g/mol. The van der Waals surface area contributed by atoms with Gasteiger partial charge in [-0.25, -0.2) is 14.2 Å². The van der Waals surface area contributed by atoms with E-state index in [-0.39, 0.29) is 29.4 Å². The van der Waals surface area contributed by atoms with Crippen LogP contribution < -0.4 is 10.9 Å². The highest BCUT2D eigenvalue weighted by Gasteiger charge is 2.30. The Bertz CT molecular complexity index is 821. The van der Waals surface area contributed by atoms with Crippen molar-refractivity contribution in [3.63, 3.8) is 0 Å². The van der Waals surface area contributed by atoms with Crippen LogP contribution in [0.3, 0.4) is 0 Å². The molecule has 132 valence electrons. The highest BCUT2D eigenvalue weighted by molar-refractivity contribution is 5.88. The van der Waals surface area contributed by atoms with Crippen LogP contribution in [0, 0.1) is 5.82 Å². The Morgan fingerprint density at radius 2 is 2.04 bits per heavy atom. The molecule has 1 saturated heterocycles. The lowest BCUT2D eigenvalue weighted by Crippen LogP contribution is -2.48. The number of amides is 2. The first-order chi connectivity index (χ1) is 11.9. The molecular formula is C17H19FN4O3. The van der Waals surface area contributed by atoms with Gasteiger partial charge in [0, 0.05) is 26.0 Å². The molecule has 1 aromatic heterocycles. The molecule has 2 atom stereocenters. The summed E-state index contributed by atoms with van der Waals surface area (Å²) in [7, 11) is 1.58. The summed E-state index contributed by atoms with van der Waals surface area (Å²) >= 11 is 0. The molecule has 7 nitrogen and oxygen atoms in total. The molecule has 8 heteroatoms. The number of aromatic nitrogens is 2. The number of morpholine rings is 1. The largest absolute Gasteiger partial charge is 0.367 e. The van der Waals surface area contributed by atoms with Crippen LogP contribution in [0.15, 0.2) is 41.5 Å². The van der Waals surface area contributed by atoms with Crippen molar-refractivity contribution >= 4 is 11.8 Å². The van der Waals surface area contributed by atoms with E-state index in [1.165, 1.54) is 29.1 Å². The summed E-state index contributed by atoms with van der Waals surface area (Å²) in [6.45, 7) is 2.54. The molecule has 2 amide bonds. The van der Waals surface area contributed by atoms with Crippen molar-refractivity contribution in [1.82, 2.24) is 14.5 Å². The zero-order valence-electron chi connectivity index (χ0n) is 14.0. The normalized spacial score (nSPS) is 20.4. The number of rotatable bonds is 2. The van der Waals surface area contributed by atoms with Gasteiger partial charge in [0.05, 0.1) is 12.6 Å². The Labute approximate surface area is 144 Å². The smallest absolute Gasteiger partial charge is 0.323 e. The highest BCUT2D eigenvalue weighted by Crippen LogP contribution is 2.25. The van der Waals surface area contributed by atoms with Gasteiger partial charge in [-0.1, -0.05) is 12.1 Å². The van der Waals surface area contributed by atoms with E-state index >= 15 is 0 Å². The molecule has 0 radical (unpaired) electrons. The van der Waals surface area contributed by atoms with E-state index in [1.807, 2.05) is 6.92 Å². The third-order valence-electron chi connectivity index (χ3n) is 4.03. The minimum absolute atomic E-state index is 0.0209. The van der Waals surface area contributed by atoms with Gasteiger partial charge < -0.3 is 14.2 Å². The standard InChI is InChI=1S/C17H19FN4O3/c1-11-9-22(10-14(25-11)12-3-5-13(18)6-4-12)17(24)20-15-16(23)21(2)8-7-19-15/h3-8,11,14H,9-10H2,1-2H3,(H,19,20,24)/t11-,14+/m1/s1. The van der Waals surface area contributed by atoms with Crippen molar-refractivity contribution < 1.29 is 13.9 Å². The number of ether oxygens (including phenoxy) is 1. The summed E-state index contributed by atoms with van der Waals surface area (Å²) in [6, 6.07) is 5.59. The van der Waals surface area contributed by atoms with E-state index in [1.54, 1.807) is 24.1 Å². The second kappa shape index (κ2) is 7.02. The van der Waals surface area contributed by atoms with Gasteiger partial charge in [0.25, 0.3) is 5.56 Å². The minimum atomic E-state index is -0.418. The van der Waals surface area contributed by atoms with Gasteiger partial charge in [0.1, 0.15) is 11.9 Å². The van der Waals surface area contributed by atoms with E-state index < -0.39 is 6.03 Å². The molecule has 1 aliphatic rings. The second-order valence-electron chi connectivity index (χ2n) is 6.01. The average molecular weight is 346 g/mol. The molecule has 0 unspecified atom stereocenters. The Hall–Kier alpha value is -2.74. The number of carbonyl (C=O) groups excluding carboxylic acids is 1. The number of nitrogens with one attached hydrogen (secondary N) is 1. The first-order valence-electron chi connectivity index (χ1n) is 7.92. The fourth-order valence-corrected chi connectivity index (χ4v) is 2.74. The van der Waals surface area contributed by atoms with Crippen LogP contribution in [0.1, 0.15) is 18.6 Å². The maximum absolute atomic E-state index is 13.1. The Morgan fingerprint density at radius 3 is 2.76 bits per heavy atom. The van der Waals surface area contributed by atoms with Crippen molar-refractivity contribution in [2.24, 2.45) is 7.05 Å². The first-order valence-corrected chi connectivity index (χ1v) is 7.92. The van der Waals surface area contributed by atoms with Crippen LogP contribution in [0.5, 0.6) is 0 Å². The highest BCUT2D eigenvalue weighted by atomic mass is 19.1. The molecule has 0 spiro atoms. The summed E-state index contributed by atoms with van der Waals surface area (Å²) in [6.07, 6.45) is 2.40. The number of carbonyl (C=O) groups is 1. The van der Waals surface area contributed by atoms with E-state index in [2.05, 4.69) is 10.3 Å². The molecule has 1 aromatic carbocycles. The van der Waals surface area contributed by atoms with E-state index in [4.69, 9.17) is 4.74 Å². The predicted molar refractivity (Wildman–Crippen MR) is 89.8 cm³/mol. The SMILES string of the molecule is C[C@@H]1CN(C(=O)Nc2nccn(C)c2=O)C[C@@H](c2ccc(F)cc2)O1. The Morgan fingerprint density at radius 1 is 1.32 bits per heavy atom. The minimum Gasteiger partial charge on any atom is -0.367 e. The number of halogens is 1. The maximum Gasteiger partial charge on any atom is 0.323 e. The third-order valence-corrected chi connectivity index (χ3v) is 4.03. The molecule has 25 heavy (non-hydrogen) atoms. The molecule has 1 aliphatic heterocycles. The van der Waals surface area contributed by atoms with Crippen molar-refractivity contribution in [2.45, 2.75) is 19.1 Å². The zero-order chi connectivity index (χ0) is 18.0. The number of nitrogens with zero attached hydrogens (tertiary/aromatic N) is 3. The summed E-state index contributed by atoms with van der Waals surface area (Å²) < 4.78 is 20.3. The van der Waals surface area contributed by atoms with Crippen LogP contribution >= 0.6 is 0 Å². The molecule has 0 saturated carbocycles. The first kappa shape index (κ1) is 17.1. The summed E-state index contributed by atoms with van der Waals surface area (Å²) in [5.41, 5.74) is 0.409. The van der Waals surface area contributed by atoms with Gasteiger partial charge in [0.15, 0.2) is 0 Å². The van der Waals surface area contributed by atoms with Crippen molar-refractivity contribution in [3.8, 4) is 0 Å². The quantitative estimate of drug-likeness (QED) is 0.901. The summed E-state index contributed by atoms with van der Waals surface area (Å²) in [4.78, 5) is 30.0.